The van der Waals surface area contributed by atoms with Crippen LogP contribution >= 0.6 is 11.6 Å². The van der Waals surface area contributed by atoms with Gasteiger partial charge in [-0.05, 0) is 80.4 Å². The lowest BCUT2D eigenvalue weighted by Crippen LogP contribution is -2.25. The summed E-state index contributed by atoms with van der Waals surface area (Å²) >= 11 is 5.99. The fraction of sp³-hybridized carbons (Fsp3) is 0.185. The van der Waals surface area contributed by atoms with Crippen LogP contribution in [0.4, 0.5) is 0 Å². The highest BCUT2D eigenvalue weighted by Gasteiger charge is 2.20. The number of rotatable bonds is 6. The molecule has 4 rings (SSSR count). The van der Waals surface area contributed by atoms with E-state index in [1.165, 1.54) is 0 Å². The van der Waals surface area contributed by atoms with Gasteiger partial charge in [0.25, 0.3) is 11.8 Å². The number of hydrogen-bond acceptors (Lipinski definition) is 3. The Labute approximate surface area is 197 Å². The smallest absolute Gasteiger partial charge is 0.262 e. The highest BCUT2D eigenvalue weighted by molar-refractivity contribution is 6.30. The minimum Gasteiger partial charge on any atom is -0.497 e. The van der Waals surface area contributed by atoms with Gasteiger partial charge in [0.15, 0.2) is 0 Å². The zero-order chi connectivity index (χ0) is 23.5. The molecular weight excluding hydrogens is 436 g/mol. The third-order valence-electron chi connectivity index (χ3n) is 5.81. The number of amides is 1. The molecule has 4 aromatic rings. The molecule has 0 unspecified atom stereocenters. The van der Waals surface area contributed by atoms with Gasteiger partial charge < -0.3 is 10.1 Å². The molecule has 168 valence electrons. The van der Waals surface area contributed by atoms with Crippen LogP contribution in [-0.4, -0.2) is 30.0 Å². The van der Waals surface area contributed by atoms with Crippen molar-refractivity contribution in [3.05, 3.63) is 99.7 Å². The van der Waals surface area contributed by atoms with Crippen molar-refractivity contribution in [1.82, 2.24) is 9.88 Å². The molecule has 0 saturated heterocycles. The van der Waals surface area contributed by atoms with Crippen LogP contribution in [0.25, 0.3) is 10.9 Å². The minimum absolute atomic E-state index is 0.119. The van der Waals surface area contributed by atoms with Gasteiger partial charge in [0.2, 0.25) is 0 Å². The normalized spacial score (nSPS) is 10.9. The van der Waals surface area contributed by atoms with Crippen molar-refractivity contribution in [3.63, 3.8) is 0 Å². The number of hydrogen-bond donors (Lipinski definition) is 1. The number of nitrogens with zero attached hydrogens (tertiary/aromatic N) is 1. The molecule has 33 heavy (non-hydrogen) atoms. The van der Waals surface area contributed by atoms with Crippen molar-refractivity contribution in [1.29, 1.82) is 0 Å². The molecule has 0 aliphatic heterocycles. The summed E-state index contributed by atoms with van der Waals surface area (Å²) in [6.07, 6.45) is 0.577. The van der Waals surface area contributed by atoms with Crippen molar-refractivity contribution in [2.24, 2.45) is 0 Å². The van der Waals surface area contributed by atoms with Gasteiger partial charge in [-0.25, -0.2) is 0 Å². The molecular formula is C27H25ClN2O3. The standard InChI is InChI=1S/C27H25ClN2O3/c1-17-4-6-19(7-5-17)26(31)29-15-14-23-18(2)30(25-13-12-22(33-3)16-24(23)25)27(32)20-8-10-21(28)11-9-20/h4-13,16H,14-15H2,1-3H3,(H,29,31). The number of aromatic nitrogens is 1. The molecule has 0 spiro atoms. The van der Waals surface area contributed by atoms with Crippen molar-refractivity contribution in [2.45, 2.75) is 20.3 Å². The lowest BCUT2D eigenvalue weighted by molar-refractivity contribution is 0.0948. The quantitative estimate of drug-likeness (QED) is 0.408. The largest absolute Gasteiger partial charge is 0.497 e. The molecule has 6 heteroatoms. The number of fused-ring (bicyclic) bond motifs is 1. The Morgan fingerprint density at radius 2 is 1.61 bits per heavy atom. The Morgan fingerprint density at radius 1 is 0.939 bits per heavy atom. The van der Waals surface area contributed by atoms with Gasteiger partial charge in [-0.1, -0.05) is 29.3 Å². The van der Waals surface area contributed by atoms with E-state index in [-0.39, 0.29) is 11.8 Å². The first kappa shape index (κ1) is 22.6. The molecule has 0 atom stereocenters. The van der Waals surface area contributed by atoms with E-state index in [4.69, 9.17) is 16.3 Å². The van der Waals surface area contributed by atoms with E-state index < -0.39 is 0 Å². The number of methoxy groups -OCH3 is 1. The first-order valence-corrected chi connectivity index (χ1v) is 11.1. The second-order valence-electron chi connectivity index (χ2n) is 7.97. The van der Waals surface area contributed by atoms with Gasteiger partial charge in [-0.3, -0.25) is 14.2 Å². The summed E-state index contributed by atoms with van der Waals surface area (Å²) in [4.78, 5) is 25.9. The molecule has 0 aliphatic rings. The minimum atomic E-state index is -0.130. The number of halogens is 1. The highest BCUT2D eigenvalue weighted by atomic mass is 35.5. The van der Waals surface area contributed by atoms with Crippen molar-refractivity contribution < 1.29 is 14.3 Å². The lowest BCUT2D eigenvalue weighted by atomic mass is 10.1. The highest BCUT2D eigenvalue weighted by Crippen LogP contribution is 2.30. The summed E-state index contributed by atoms with van der Waals surface area (Å²) in [6, 6.07) is 20.0. The van der Waals surface area contributed by atoms with Crippen LogP contribution in [0.3, 0.4) is 0 Å². The zero-order valence-electron chi connectivity index (χ0n) is 18.8. The van der Waals surface area contributed by atoms with Gasteiger partial charge in [-0.2, -0.15) is 0 Å². The fourth-order valence-corrected chi connectivity index (χ4v) is 4.12. The Morgan fingerprint density at radius 3 is 2.27 bits per heavy atom. The van der Waals surface area contributed by atoms with Gasteiger partial charge in [0.1, 0.15) is 5.75 Å². The van der Waals surface area contributed by atoms with Crippen LogP contribution in [0.15, 0.2) is 66.7 Å². The molecule has 1 aromatic heterocycles. The second kappa shape index (κ2) is 9.51. The molecule has 1 N–H and O–H groups in total. The molecule has 0 bridgehead atoms. The van der Waals surface area contributed by atoms with Crippen LogP contribution in [0.1, 0.15) is 37.5 Å². The molecule has 0 aliphatic carbocycles. The summed E-state index contributed by atoms with van der Waals surface area (Å²) in [5, 5.41) is 4.49. The predicted octanol–water partition coefficient (Wildman–Crippen LogP) is 5.58. The van der Waals surface area contributed by atoms with Gasteiger partial charge >= 0.3 is 0 Å². The number of carbonyl (C=O) groups is 2. The maximum Gasteiger partial charge on any atom is 0.262 e. The summed E-state index contributed by atoms with van der Waals surface area (Å²) in [6.45, 7) is 4.36. The van der Waals surface area contributed by atoms with E-state index in [0.717, 1.165) is 27.7 Å². The van der Waals surface area contributed by atoms with Gasteiger partial charge in [-0.15, -0.1) is 0 Å². The molecule has 1 amide bonds. The molecule has 1 heterocycles. The zero-order valence-corrected chi connectivity index (χ0v) is 19.6. The summed E-state index contributed by atoms with van der Waals surface area (Å²) in [7, 11) is 1.62. The number of ether oxygens (including phenoxy) is 1. The van der Waals surface area contributed by atoms with E-state index in [9.17, 15) is 9.59 Å². The van der Waals surface area contributed by atoms with E-state index in [2.05, 4.69) is 5.32 Å². The summed E-state index contributed by atoms with van der Waals surface area (Å²) in [5.74, 6) is 0.462. The molecule has 0 radical (unpaired) electrons. The number of aryl methyl sites for hydroxylation is 1. The average Bonchev–Trinajstić information content (AvgIpc) is 3.10. The van der Waals surface area contributed by atoms with E-state index in [1.807, 2.05) is 56.3 Å². The maximum atomic E-state index is 13.4. The first-order valence-electron chi connectivity index (χ1n) is 10.7. The van der Waals surface area contributed by atoms with Crippen LogP contribution < -0.4 is 10.1 Å². The SMILES string of the molecule is COc1ccc2c(c1)c(CCNC(=O)c1ccc(C)cc1)c(C)n2C(=O)c1ccc(Cl)cc1. The number of benzene rings is 3. The molecule has 3 aromatic carbocycles. The second-order valence-corrected chi connectivity index (χ2v) is 8.40. The summed E-state index contributed by atoms with van der Waals surface area (Å²) in [5.41, 5.74) is 4.91. The van der Waals surface area contributed by atoms with Crippen molar-refractivity contribution >= 4 is 34.3 Å². The molecule has 0 saturated carbocycles. The third kappa shape index (κ3) is 4.64. The van der Waals surface area contributed by atoms with Crippen LogP contribution in [0, 0.1) is 13.8 Å². The van der Waals surface area contributed by atoms with E-state index >= 15 is 0 Å². The average molecular weight is 461 g/mol. The van der Waals surface area contributed by atoms with Crippen molar-refractivity contribution in [3.8, 4) is 5.75 Å². The first-order chi connectivity index (χ1) is 15.9. The Kier molecular flexibility index (Phi) is 6.52. The Hall–Kier alpha value is -3.57. The molecule has 5 nitrogen and oxygen atoms in total. The topological polar surface area (TPSA) is 60.3 Å². The predicted molar refractivity (Wildman–Crippen MR) is 132 cm³/mol. The lowest BCUT2D eigenvalue weighted by Gasteiger charge is -2.09. The fourth-order valence-electron chi connectivity index (χ4n) is 4.00. The van der Waals surface area contributed by atoms with E-state index in [1.54, 1.807) is 35.9 Å². The van der Waals surface area contributed by atoms with Gasteiger partial charge in [0, 0.05) is 33.8 Å². The molecule has 0 fully saturated rings. The van der Waals surface area contributed by atoms with E-state index in [0.29, 0.717) is 34.9 Å². The Balaban J connectivity index is 1.65. The Bertz CT molecular complexity index is 1320. The number of carbonyl (C=O) groups excluding carboxylic acids is 2. The third-order valence-corrected chi connectivity index (χ3v) is 6.06. The van der Waals surface area contributed by atoms with Crippen LogP contribution in [-0.2, 0) is 6.42 Å². The van der Waals surface area contributed by atoms with Crippen LogP contribution in [0.5, 0.6) is 5.75 Å². The number of nitrogens with one attached hydrogen (secondary N) is 1. The maximum absolute atomic E-state index is 13.4. The summed E-state index contributed by atoms with van der Waals surface area (Å²) < 4.78 is 7.13. The van der Waals surface area contributed by atoms with Gasteiger partial charge in [0.05, 0.1) is 12.6 Å². The van der Waals surface area contributed by atoms with Crippen molar-refractivity contribution in [2.75, 3.05) is 13.7 Å². The van der Waals surface area contributed by atoms with Crippen LogP contribution in [0.2, 0.25) is 5.02 Å². The monoisotopic (exact) mass is 460 g/mol.